The van der Waals surface area contributed by atoms with Gasteiger partial charge in [-0.2, -0.15) is 0 Å². The Balaban J connectivity index is 1.92. The van der Waals surface area contributed by atoms with Gasteiger partial charge < -0.3 is 19.5 Å². The van der Waals surface area contributed by atoms with Gasteiger partial charge in [0.05, 0.1) is 13.7 Å². The Morgan fingerprint density at radius 2 is 1.82 bits per heavy atom. The van der Waals surface area contributed by atoms with Gasteiger partial charge in [-0.25, -0.2) is 0 Å². The van der Waals surface area contributed by atoms with Crippen molar-refractivity contribution >= 4 is 23.2 Å². The van der Waals surface area contributed by atoms with Crippen LogP contribution >= 0.6 is 12.2 Å². The molecular weight excluding hydrogens is 378 g/mol. The Kier molecular flexibility index (Phi) is 8.51. The van der Waals surface area contributed by atoms with E-state index in [1.165, 1.54) is 7.11 Å². The highest BCUT2D eigenvalue weighted by atomic mass is 32.1. The van der Waals surface area contributed by atoms with E-state index >= 15 is 0 Å². The molecule has 2 rings (SSSR count). The summed E-state index contributed by atoms with van der Waals surface area (Å²) in [6, 6.07) is 14.8. The van der Waals surface area contributed by atoms with Crippen LogP contribution in [0.5, 0.6) is 11.5 Å². The highest BCUT2D eigenvalue weighted by molar-refractivity contribution is 7.80. The molecule has 2 aromatic carbocycles. The summed E-state index contributed by atoms with van der Waals surface area (Å²) in [6.45, 7) is 2.82. The summed E-state index contributed by atoms with van der Waals surface area (Å²) in [6.07, 6.45) is 0. The maximum atomic E-state index is 12.3. The molecule has 150 valence electrons. The highest BCUT2D eigenvalue weighted by Gasteiger charge is 2.12. The zero-order valence-corrected chi connectivity index (χ0v) is 17.0. The number of amides is 1. The molecule has 0 aliphatic carbocycles. The Morgan fingerprint density at radius 1 is 1.07 bits per heavy atom. The molecule has 0 bridgehead atoms. The van der Waals surface area contributed by atoms with Crippen molar-refractivity contribution in [3.8, 4) is 11.5 Å². The van der Waals surface area contributed by atoms with Crippen LogP contribution in [0.15, 0.2) is 48.5 Å². The first kappa shape index (κ1) is 21.5. The smallest absolute Gasteiger partial charge is 0.269 e. The van der Waals surface area contributed by atoms with Crippen LogP contribution < -0.4 is 25.6 Å². The van der Waals surface area contributed by atoms with Crippen LogP contribution in [0.25, 0.3) is 0 Å². The third-order valence-corrected chi connectivity index (χ3v) is 3.97. The summed E-state index contributed by atoms with van der Waals surface area (Å²) in [7, 11) is 3.14. The van der Waals surface area contributed by atoms with Gasteiger partial charge in [0, 0.05) is 18.7 Å². The Morgan fingerprint density at radius 3 is 2.50 bits per heavy atom. The normalized spacial score (nSPS) is 11.2. The fourth-order valence-corrected chi connectivity index (χ4v) is 2.65. The fraction of sp³-hybridized carbons (Fsp3) is 0.300. The second-order valence-corrected chi connectivity index (χ2v) is 6.46. The average Bonchev–Trinajstić information content (AvgIpc) is 2.71. The number of methoxy groups -OCH3 is 2. The van der Waals surface area contributed by atoms with E-state index in [0.29, 0.717) is 35.4 Å². The molecule has 2 aromatic rings. The zero-order chi connectivity index (χ0) is 20.4. The molecule has 0 aliphatic heterocycles. The summed E-state index contributed by atoms with van der Waals surface area (Å²) in [5, 5.41) is 3.29. The van der Waals surface area contributed by atoms with E-state index in [-0.39, 0.29) is 11.9 Å². The van der Waals surface area contributed by atoms with E-state index in [0.717, 1.165) is 5.56 Å². The standard InChI is InChI=1S/C20H25N3O4S/c1-14(12-25-2)21-20(28)23-22-19(24)16-9-10-17(18(11-16)26-3)27-13-15-7-5-4-6-8-15/h4-11,14H,12-13H2,1-3H3,(H,22,24)(H2,21,23,28)/t14-/m0/s1. The van der Waals surface area contributed by atoms with Gasteiger partial charge in [-0.15, -0.1) is 0 Å². The number of benzene rings is 2. The van der Waals surface area contributed by atoms with Crippen LogP contribution in [-0.2, 0) is 11.3 Å². The molecule has 7 nitrogen and oxygen atoms in total. The molecule has 0 aromatic heterocycles. The monoisotopic (exact) mass is 403 g/mol. The zero-order valence-electron chi connectivity index (χ0n) is 16.2. The predicted molar refractivity (Wildman–Crippen MR) is 111 cm³/mol. The quantitative estimate of drug-likeness (QED) is 0.461. The first-order valence-corrected chi connectivity index (χ1v) is 9.15. The number of hydrogen-bond acceptors (Lipinski definition) is 5. The van der Waals surface area contributed by atoms with Gasteiger partial charge in [-0.05, 0) is 42.9 Å². The number of hydrazine groups is 1. The van der Waals surface area contributed by atoms with Crippen LogP contribution in [0.4, 0.5) is 0 Å². The lowest BCUT2D eigenvalue weighted by atomic mass is 10.2. The van der Waals surface area contributed by atoms with Crippen LogP contribution in [0.3, 0.4) is 0 Å². The molecular formula is C20H25N3O4S. The van der Waals surface area contributed by atoms with Crippen molar-refractivity contribution in [3.05, 3.63) is 59.7 Å². The largest absolute Gasteiger partial charge is 0.493 e. The first-order valence-electron chi connectivity index (χ1n) is 8.74. The molecule has 3 N–H and O–H groups in total. The van der Waals surface area contributed by atoms with Crippen molar-refractivity contribution in [2.45, 2.75) is 19.6 Å². The van der Waals surface area contributed by atoms with E-state index in [1.807, 2.05) is 37.3 Å². The molecule has 0 saturated heterocycles. The number of ether oxygens (including phenoxy) is 3. The van der Waals surface area contributed by atoms with Crippen LogP contribution in [0, 0.1) is 0 Å². The highest BCUT2D eigenvalue weighted by Crippen LogP contribution is 2.28. The molecule has 0 unspecified atom stereocenters. The molecule has 1 atom stereocenters. The first-order chi connectivity index (χ1) is 13.5. The van der Waals surface area contributed by atoms with Gasteiger partial charge in [-0.3, -0.25) is 15.6 Å². The third-order valence-electron chi connectivity index (χ3n) is 3.75. The van der Waals surface area contributed by atoms with Gasteiger partial charge in [0.2, 0.25) is 0 Å². The number of nitrogens with one attached hydrogen (secondary N) is 3. The van der Waals surface area contributed by atoms with Gasteiger partial charge >= 0.3 is 0 Å². The number of carbonyl (C=O) groups is 1. The summed E-state index contributed by atoms with van der Waals surface area (Å²) in [5.41, 5.74) is 6.65. The van der Waals surface area contributed by atoms with E-state index in [1.54, 1.807) is 25.3 Å². The summed E-state index contributed by atoms with van der Waals surface area (Å²) in [4.78, 5) is 12.3. The Bertz CT molecular complexity index is 786. The second kappa shape index (κ2) is 11.1. The van der Waals surface area contributed by atoms with E-state index in [9.17, 15) is 4.79 Å². The van der Waals surface area contributed by atoms with Gasteiger partial charge in [0.15, 0.2) is 16.6 Å². The van der Waals surface area contributed by atoms with Crippen molar-refractivity contribution in [1.82, 2.24) is 16.2 Å². The fourth-order valence-electron chi connectivity index (χ4n) is 2.40. The van der Waals surface area contributed by atoms with Crippen molar-refractivity contribution in [2.75, 3.05) is 20.8 Å². The maximum absolute atomic E-state index is 12.3. The molecule has 0 fully saturated rings. The topological polar surface area (TPSA) is 80.9 Å². The number of rotatable bonds is 8. The molecule has 8 heteroatoms. The molecule has 28 heavy (non-hydrogen) atoms. The number of hydrogen-bond donors (Lipinski definition) is 3. The van der Waals surface area contributed by atoms with E-state index in [4.69, 9.17) is 26.4 Å². The van der Waals surface area contributed by atoms with Crippen LogP contribution in [0.2, 0.25) is 0 Å². The van der Waals surface area contributed by atoms with Gasteiger partial charge in [-0.1, -0.05) is 30.3 Å². The van der Waals surface area contributed by atoms with E-state index < -0.39 is 0 Å². The average molecular weight is 404 g/mol. The SMILES string of the molecule is COC[C@H](C)NC(=S)NNC(=O)c1ccc(OCc2ccccc2)c(OC)c1. The van der Waals surface area contributed by atoms with Crippen molar-refractivity contribution < 1.29 is 19.0 Å². The minimum atomic E-state index is -0.351. The second-order valence-electron chi connectivity index (χ2n) is 6.05. The Labute approximate surface area is 170 Å². The van der Waals surface area contributed by atoms with Crippen LogP contribution in [0.1, 0.15) is 22.8 Å². The predicted octanol–water partition coefficient (Wildman–Crippen LogP) is 2.42. The number of carbonyl (C=O) groups excluding carboxylic acids is 1. The molecule has 0 spiro atoms. The summed E-state index contributed by atoms with van der Waals surface area (Å²) in [5.74, 6) is 0.677. The van der Waals surface area contributed by atoms with Crippen molar-refractivity contribution in [3.63, 3.8) is 0 Å². The number of thiocarbonyl (C=S) groups is 1. The lowest BCUT2D eigenvalue weighted by Gasteiger charge is -2.17. The van der Waals surface area contributed by atoms with Gasteiger partial charge in [0.1, 0.15) is 6.61 Å². The Hall–Kier alpha value is -2.84. The molecule has 0 heterocycles. The molecule has 0 radical (unpaired) electrons. The minimum Gasteiger partial charge on any atom is -0.493 e. The maximum Gasteiger partial charge on any atom is 0.269 e. The van der Waals surface area contributed by atoms with E-state index in [2.05, 4.69) is 16.2 Å². The lowest BCUT2D eigenvalue weighted by molar-refractivity contribution is 0.0943. The summed E-state index contributed by atoms with van der Waals surface area (Å²) >= 11 is 5.13. The minimum absolute atomic E-state index is 0.0167. The van der Waals surface area contributed by atoms with Crippen molar-refractivity contribution in [1.29, 1.82) is 0 Å². The van der Waals surface area contributed by atoms with Gasteiger partial charge in [0.25, 0.3) is 5.91 Å². The molecule has 0 saturated carbocycles. The summed E-state index contributed by atoms with van der Waals surface area (Å²) < 4.78 is 16.2. The molecule has 0 aliphatic rings. The molecule has 1 amide bonds. The third kappa shape index (κ3) is 6.71. The van der Waals surface area contributed by atoms with Crippen molar-refractivity contribution in [2.24, 2.45) is 0 Å². The lowest BCUT2D eigenvalue weighted by Crippen LogP contribution is -2.49. The van der Waals surface area contributed by atoms with Crippen LogP contribution in [-0.4, -0.2) is 37.9 Å².